The first-order valence-corrected chi connectivity index (χ1v) is 11.5. The maximum Gasteiger partial charge on any atom is 0.322 e. The van der Waals surface area contributed by atoms with Crippen LogP contribution in [0.25, 0.3) is 0 Å². The molecular formula is C25H25ClN4O3. The van der Waals surface area contributed by atoms with Crippen molar-refractivity contribution in [2.45, 2.75) is 37.4 Å². The van der Waals surface area contributed by atoms with Crippen molar-refractivity contribution < 1.29 is 14.4 Å². The van der Waals surface area contributed by atoms with Crippen molar-refractivity contribution in [2.75, 3.05) is 13.6 Å². The van der Waals surface area contributed by atoms with E-state index in [1.54, 1.807) is 36.2 Å². The van der Waals surface area contributed by atoms with E-state index in [4.69, 9.17) is 11.6 Å². The van der Waals surface area contributed by atoms with E-state index in [0.29, 0.717) is 22.7 Å². The summed E-state index contributed by atoms with van der Waals surface area (Å²) in [7, 11) is 1.65. The maximum atomic E-state index is 13.8. The summed E-state index contributed by atoms with van der Waals surface area (Å²) in [6.07, 6.45) is 2.33. The quantitative estimate of drug-likeness (QED) is 0.689. The fourth-order valence-corrected chi connectivity index (χ4v) is 4.58. The Labute approximate surface area is 197 Å². The number of urea groups is 1. The molecule has 33 heavy (non-hydrogen) atoms. The van der Waals surface area contributed by atoms with Crippen molar-refractivity contribution >= 4 is 29.4 Å². The molecule has 7 nitrogen and oxygen atoms in total. The molecule has 2 aromatic carbocycles. The minimum absolute atomic E-state index is 0.153. The average Bonchev–Trinajstić information content (AvgIpc) is 3.56. The number of nitrogens with one attached hydrogen (secondary N) is 2. The zero-order chi connectivity index (χ0) is 23.1. The summed E-state index contributed by atoms with van der Waals surface area (Å²) in [5.41, 5.74) is 2.87. The van der Waals surface area contributed by atoms with E-state index in [-0.39, 0.29) is 30.4 Å². The van der Waals surface area contributed by atoms with E-state index in [1.165, 1.54) is 4.90 Å². The van der Waals surface area contributed by atoms with Gasteiger partial charge in [-0.2, -0.15) is 0 Å². The Morgan fingerprint density at radius 3 is 2.48 bits per heavy atom. The predicted molar refractivity (Wildman–Crippen MR) is 124 cm³/mol. The monoisotopic (exact) mass is 464 g/mol. The summed E-state index contributed by atoms with van der Waals surface area (Å²) in [6, 6.07) is 15.4. The van der Waals surface area contributed by atoms with Crippen LogP contribution in [0, 0.1) is 0 Å². The van der Waals surface area contributed by atoms with Crippen LogP contribution in [0.15, 0.2) is 65.9 Å². The van der Waals surface area contributed by atoms with Gasteiger partial charge in [0.15, 0.2) is 0 Å². The highest BCUT2D eigenvalue weighted by molar-refractivity contribution is 6.30. The van der Waals surface area contributed by atoms with Gasteiger partial charge in [0, 0.05) is 24.5 Å². The van der Waals surface area contributed by atoms with Gasteiger partial charge in [0.25, 0.3) is 5.91 Å². The van der Waals surface area contributed by atoms with Crippen molar-refractivity contribution in [1.29, 1.82) is 0 Å². The molecule has 2 N–H and O–H groups in total. The fourth-order valence-electron chi connectivity index (χ4n) is 4.45. The van der Waals surface area contributed by atoms with Crippen LogP contribution in [0.2, 0.25) is 5.02 Å². The van der Waals surface area contributed by atoms with Crippen LogP contribution < -0.4 is 10.6 Å². The summed E-state index contributed by atoms with van der Waals surface area (Å²) in [4.78, 5) is 42.8. The highest BCUT2D eigenvalue weighted by Crippen LogP contribution is 2.37. The number of rotatable bonds is 6. The number of carbonyl (C=O) groups is 3. The van der Waals surface area contributed by atoms with E-state index >= 15 is 0 Å². The number of likely N-dealkylation sites (N-methyl/N-ethyl adjacent to an activating group) is 1. The molecule has 2 aliphatic heterocycles. The summed E-state index contributed by atoms with van der Waals surface area (Å²) < 4.78 is 0. The van der Waals surface area contributed by atoms with Crippen LogP contribution in [-0.2, 0) is 16.0 Å². The van der Waals surface area contributed by atoms with Gasteiger partial charge < -0.3 is 15.5 Å². The van der Waals surface area contributed by atoms with Gasteiger partial charge in [-0.05, 0) is 36.1 Å². The van der Waals surface area contributed by atoms with E-state index in [2.05, 4.69) is 10.6 Å². The molecule has 8 heteroatoms. The average molecular weight is 465 g/mol. The van der Waals surface area contributed by atoms with E-state index in [0.717, 1.165) is 24.0 Å². The standard InChI is InChI=1S/C25H25ClN4O3/c1-29-20-14-30(19(23(31)27-18-11-12-18)13-15-5-3-2-4-6-15)24(32)21(20)22(28-25(29)33)16-7-9-17(26)10-8-16/h2-10,18-19,22H,11-14H2,1H3,(H,27,31)(H,28,33). The molecule has 0 saturated heterocycles. The third-order valence-corrected chi connectivity index (χ3v) is 6.72. The normalized spacial score (nSPS) is 21.1. The van der Waals surface area contributed by atoms with Crippen molar-refractivity contribution in [3.63, 3.8) is 0 Å². The van der Waals surface area contributed by atoms with Crippen LogP contribution in [0.1, 0.15) is 30.0 Å². The molecule has 0 bridgehead atoms. The van der Waals surface area contributed by atoms with E-state index < -0.39 is 12.1 Å². The molecule has 2 aromatic rings. The molecule has 0 aromatic heterocycles. The molecule has 2 unspecified atom stereocenters. The predicted octanol–water partition coefficient (Wildman–Crippen LogP) is 3.02. The summed E-state index contributed by atoms with van der Waals surface area (Å²) in [5.74, 6) is -0.386. The van der Waals surface area contributed by atoms with Crippen molar-refractivity contribution in [2.24, 2.45) is 0 Å². The number of benzene rings is 2. The minimum atomic E-state index is -0.666. The first-order valence-electron chi connectivity index (χ1n) is 11.1. The van der Waals surface area contributed by atoms with Gasteiger partial charge in [0.1, 0.15) is 6.04 Å². The third kappa shape index (κ3) is 4.20. The van der Waals surface area contributed by atoms with Gasteiger partial charge in [0.2, 0.25) is 5.91 Å². The fraction of sp³-hybridized carbons (Fsp3) is 0.320. The number of carbonyl (C=O) groups excluding carboxylic acids is 3. The van der Waals surface area contributed by atoms with E-state index in [9.17, 15) is 14.4 Å². The lowest BCUT2D eigenvalue weighted by atomic mass is 9.95. The van der Waals surface area contributed by atoms with Gasteiger partial charge in [-0.15, -0.1) is 0 Å². The van der Waals surface area contributed by atoms with Crippen LogP contribution in [0.5, 0.6) is 0 Å². The van der Waals surface area contributed by atoms with Crippen LogP contribution in [-0.4, -0.2) is 53.3 Å². The first kappa shape index (κ1) is 21.5. The summed E-state index contributed by atoms with van der Waals surface area (Å²) in [5, 5.41) is 6.56. The number of nitrogens with zero attached hydrogens (tertiary/aromatic N) is 2. The molecule has 5 rings (SSSR count). The zero-order valence-corrected chi connectivity index (χ0v) is 19.0. The molecule has 3 aliphatic rings. The second-order valence-corrected chi connectivity index (χ2v) is 9.21. The Hall–Kier alpha value is -3.32. The highest BCUT2D eigenvalue weighted by atomic mass is 35.5. The Morgan fingerprint density at radius 2 is 1.82 bits per heavy atom. The smallest absolute Gasteiger partial charge is 0.322 e. The van der Waals surface area contributed by atoms with Gasteiger partial charge in [0.05, 0.1) is 23.9 Å². The lowest BCUT2D eigenvalue weighted by Crippen LogP contribution is -2.50. The second-order valence-electron chi connectivity index (χ2n) is 8.77. The molecule has 0 radical (unpaired) electrons. The van der Waals surface area contributed by atoms with Crippen molar-refractivity contribution in [1.82, 2.24) is 20.4 Å². The molecule has 0 spiro atoms. The Kier molecular flexibility index (Phi) is 5.58. The number of halogens is 1. The van der Waals surface area contributed by atoms with Crippen molar-refractivity contribution in [3.8, 4) is 0 Å². The third-order valence-electron chi connectivity index (χ3n) is 6.47. The molecule has 2 heterocycles. The number of hydrogen-bond donors (Lipinski definition) is 2. The Morgan fingerprint density at radius 1 is 1.12 bits per heavy atom. The Bertz CT molecular complexity index is 1130. The lowest BCUT2D eigenvalue weighted by molar-refractivity contribution is -0.136. The topological polar surface area (TPSA) is 81.8 Å². The lowest BCUT2D eigenvalue weighted by Gasteiger charge is -2.31. The first-order chi connectivity index (χ1) is 15.9. The van der Waals surface area contributed by atoms with Crippen LogP contribution in [0.3, 0.4) is 0 Å². The summed E-state index contributed by atoms with van der Waals surface area (Å²) >= 11 is 6.04. The molecule has 4 amide bonds. The molecule has 1 fully saturated rings. The van der Waals surface area contributed by atoms with Crippen molar-refractivity contribution in [3.05, 3.63) is 82.0 Å². The van der Waals surface area contributed by atoms with Gasteiger partial charge >= 0.3 is 6.03 Å². The largest absolute Gasteiger partial charge is 0.352 e. The molecule has 170 valence electrons. The minimum Gasteiger partial charge on any atom is -0.352 e. The SMILES string of the molecule is CN1C(=O)NC(c2ccc(Cl)cc2)C2=C1CN(C(Cc1ccccc1)C(=O)NC1CC1)C2=O. The Balaban J connectivity index is 1.48. The van der Waals surface area contributed by atoms with E-state index in [1.807, 2.05) is 30.3 Å². The number of amides is 4. The maximum absolute atomic E-state index is 13.8. The molecule has 1 aliphatic carbocycles. The van der Waals surface area contributed by atoms with Crippen LogP contribution in [0.4, 0.5) is 4.79 Å². The molecular weight excluding hydrogens is 440 g/mol. The highest BCUT2D eigenvalue weighted by Gasteiger charge is 2.46. The van der Waals surface area contributed by atoms with Crippen LogP contribution >= 0.6 is 11.6 Å². The second kappa shape index (κ2) is 8.56. The number of hydrogen-bond acceptors (Lipinski definition) is 3. The van der Waals surface area contributed by atoms with Gasteiger partial charge in [-0.25, -0.2) is 4.79 Å². The van der Waals surface area contributed by atoms with Gasteiger partial charge in [-0.1, -0.05) is 54.1 Å². The summed E-state index contributed by atoms with van der Waals surface area (Å²) in [6.45, 7) is 0.206. The van der Waals surface area contributed by atoms with Gasteiger partial charge in [-0.3, -0.25) is 14.5 Å². The molecule has 1 saturated carbocycles. The zero-order valence-electron chi connectivity index (χ0n) is 18.3. The molecule has 2 atom stereocenters.